The van der Waals surface area contributed by atoms with Crippen LogP contribution < -0.4 is 20.4 Å². The van der Waals surface area contributed by atoms with Crippen LogP contribution in [0.3, 0.4) is 0 Å². The molecule has 0 radical (unpaired) electrons. The van der Waals surface area contributed by atoms with Gasteiger partial charge in [0.1, 0.15) is 23.3 Å². The first-order chi connectivity index (χ1) is 31.0. The first kappa shape index (κ1) is 79.0. The normalized spacial score (nSPS) is 11.8. The van der Waals surface area contributed by atoms with Crippen molar-refractivity contribution < 1.29 is 78.3 Å². The van der Waals surface area contributed by atoms with Crippen molar-refractivity contribution >= 4 is 0 Å². The molecule has 0 bridgehead atoms. The Labute approximate surface area is 482 Å². The molecule has 15 nitrogen and oxygen atoms in total. The van der Waals surface area contributed by atoms with Crippen LogP contribution in [-0.4, -0.2) is 68.1 Å². The molecule has 408 valence electrons. The molecule has 0 spiro atoms. The molecule has 0 unspecified atom stereocenters. The summed E-state index contributed by atoms with van der Waals surface area (Å²) in [4.78, 5) is 34.4. The van der Waals surface area contributed by atoms with E-state index >= 15 is 0 Å². The van der Waals surface area contributed by atoms with Crippen molar-refractivity contribution in [3.8, 4) is 23.0 Å². The van der Waals surface area contributed by atoms with Gasteiger partial charge in [-0.2, -0.15) is 28.2 Å². The van der Waals surface area contributed by atoms with E-state index in [4.69, 9.17) is 0 Å². The van der Waals surface area contributed by atoms with Crippen LogP contribution in [0.1, 0.15) is 235 Å². The number of aryl methyl sites for hydroxylation is 4. The van der Waals surface area contributed by atoms with Gasteiger partial charge in [-0.1, -0.05) is 189 Å². The van der Waals surface area contributed by atoms with Gasteiger partial charge in [0.05, 0.1) is 0 Å². The molecule has 0 fully saturated rings. The number of aromatic nitrogens is 8. The van der Waals surface area contributed by atoms with Gasteiger partial charge in [0.15, 0.2) is 0 Å². The number of hydrogen-bond acceptors (Lipinski definition) is 12. The fraction of sp³-hybridized carbons (Fsp3) is 0.714. The molecule has 0 aliphatic rings. The molecule has 0 aliphatic carbocycles. The zero-order valence-electron chi connectivity index (χ0n) is 51.5. The summed E-state index contributed by atoms with van der Waals surface area (Å²) in [6.07, 6.45) is 0. The first-order valence-corrected chi connectivity index (χ1v) is 24.2. The Balaban J connectivity index is -0.000000267. The summed E-state index contributed by atoms with van der Waals surface area (Å²) in [6.45, 7) is 55.4. The molecule has 17 heteroatoms. The van der Waals surface area contributed by atoms with Crippen molar-refractivity contribution in [2.45, 2.75) is 237 Å². The molecule has 0 aromatic carbocycles. The molecule has 4 heterocycles. The third-order valence-electron chi connectivity index (χ3n) is 9.59. The Hall–Kier alpha value is -2.83. The van der Waals surface area contributed by atoms with Gasteiger partial charge in [-0.05, 0) is 27.7 Å². The standard InChI is InChI=1S/4C13H22N2O.2C2H6N.O.2Zr/c4*1-8-14-10(12(2,3)4)9(16)11(15-8)13(5,6)7;2*1-3-2;;;/h4*16H,1-7H3;2*1-2H3;;;/q;;;;2*-1;-2;2*+4/p-4. The molecule has 4 aromatic heterocycles. The summed E-state index contributed by atoms with van der Waals surface area (Å²) in [5, 5.41) is 56.2. The second-order valence-electron chi connectivity index (χ2n) is 26.1. The van der Waals surface area contributed by atoms with Crippen LogP contribution in [0.25, 0.3) is 10.6 Å². The second-order valence-corrected chi connectivity index (χ2v) is 26.1. The second kappa shape index (κ2) is 30.2. The smallest absolute Gasteiger partial charge is 2.00 e. The van der Waals surface area contributed by atoms with E-state index in [2.05, 4.69) is 50.5 Å². The summed E-state index contributed by atoms with van der Waals surface area (Å²) in [5.74, 6) is 2.67. The van der Waals surface area contributed by atoms with E-state index in [9.17, 15) is 20.4 Å². The van der Waals surface area contributed by atoms with Crippen LogP contribution in [0.2, 0.25) is 0 Å². The fourth-order valence-electron chi connectivity index (χ4n) is 6.32. The monoisotopic (exact) mass is 1170 g/mol. The first-order valence-electron chi connectivity index (χ1n) is 24.2. The number of rotatable bonds is 0. The third kappa shape index (κ3) is 26.2. The Morgan fingerprint density at radius 3 is 0.370 bits per heavy atom. The van der Waals surface area contributed by atoms with Gasteiger partial charge in [0, 0.05) is 88.9 Å². The third-order valence-corrected chi connectivity index (χ3v) is 9.59. The molecule has 4 aromatic rings. The van der Waals surface area contributed by atoms with Gasteiger partial charge in [-0.25, -0.2) is 39.9 Å². The molecular weight excluding hydrogens is 1080 g/mol. The van der Waals surface area contributed by atoms with Crippen LogP contribution in [0.5, 0.6) is 23.0 Å². The minimum absolute atomic E-state index is 0. The summed E-state index contributed by atoms with van der Waals surface area (Å²) < 4.78 is 0. The zero-order valence-corrected chi connectivity index (χ0v) is 56.4. The van der Waals surface area contributed by atoms with Crippen molar-refractivity contribution in [3.63, 3.8) is 0 Å². The Morgan fingerprint density at radius 2 is 0.315 bits per heavy atom. The van der Waals surface area contributed by atoms with E-state index < -0.39 is 0 Å². The SMILES string of the molecule is C[N-]C.C[N-]C.Cc1nc(C(C)(C)C)c([O-])c(C(C)(C)C)n1.Cc1nc(C(C)(C)C)c([O-])c(C(C)(C)C)n1.Cc1nc(C(C)(C)C)c([O-])c(C(C)(C)C)n1.Cc1nc(C(C)(C)C)c([O-])c(C(C)(C)C)n1.[O-2].[Zr+4].[Zr+4]. The maximum absolute atomic E-state index is 12.3. The van der Waals surface area contributed by atoms with Crippen LogP contribution in [0.15, 0.2) is 0 Å². The number of hydrogen-bond donors (Lipinski definition) is 0. The van der Waals surface area contributed by atoms with E-state index in [-0.39, 0.29) is 124 Å². The molecule has 73 heavy (non-hydrogen) atoms. The predicted molar refractivity (Wildman–Crippen MR) is 286 cm³/mol. The van der Waals surface area contributed by atoms with Crippen molar-refractivity contribution in [2.24, 2.45) is 0 Å². The summed E-state index contributed by atoms with van der Waals surface area (Å²) in [7, 11) is 7.00. The molecule has 0 saturated heterocycles. The van der Waals surface area contributed by atoms with Gasteiger partial charge >= 0.3 is 52.4 Å². The van der Waals surface area contributed by atoms with Gasteiger partial charge in [0.2, 0.25) is 0 Å². The van der Waals surface area contributed by atoms with Crippen molar-refractivity contribution in [1.82, 2.24) is 39.9 Å². The van der Waals surface area contributed by atoms with E-state index in [0.717, 1.165) is 0 Å². The summed E-state index contributed by atoms with van der Waals surface area (Å²) in [5.41, 5.74) is 3.07. The molecule has 0 aliphatic heterocycles. The zero-order chi connectivity index (χ0) is 56.3. The summed E-state index contributed by atoms with van der Waals surface area (Å²) in [6, 6.07) is 0. The van der Waals surface area contributed by atoms with E-state index in [1.807, 2.05) is 194 Å². The Morgan fingerprint density at radius 1 is 0.247 bits per heavy atom. The quantitative estimate of drug-likeness (QED) is 0.159. The van der Waals surface area contributed by atoms with Gasteiger partial charge in [-0.15, -0.1) is 0 Å². The fourth-order valence-corrected chi connectivity index (χ4v) is 6.32. The minimum Gasteiger partial charge on any atom is -2.00 e. The Kier molecular flexibility index (Phi) is 32.7. The molecule has 0 amide bonds. The molecular formula is C56H96N10O5Zr2. The van der Waals surface area contributed by atoms with E-state index in [1.165, 1.54) is 0 Å². The summed E-state index contributed by atoms with van der Waals surface area (Å²) >= 11 is 0. The Bertz CT molecular complexity index is 1820. The predicted octanol–water partition coefficient (Wildman–Crippen LogP) is 10.9. The molecule has 0 N–H and O–H groups in total. The van der Waals surface area contributed by atoms with Crippen LogP contribution in [-0.2, 0) is 101 Å². The molecule has 0 saturated carbocycles. The molecule has 0 atom stereocenters. The number of nitrogens with zero attached hydrogens (tertiary/aromatic N) is 10. The van der Waals surface area contributed by atoms with E-state index in [0.29, 0.717) is 68.8 Å². The van der Waals surface area contributed by atoms with Gasteiger partial charge < -0.3 is 36.5 Å². The van der Waals surface area contributed by atoms with Crippen LogP contribution >= 0.6 is 0 Å². The van der Waals surface area contributed by atoms with Crippen molar-refractivity contribution in [2.75, 3.05) is 28.2 Å². The molecule has 4 rings (SSSR count). The van der Waals surface area contributed by atoms with Crippen LogP contribution in [0, 0.1) is 27.7 Å². The average Bonchev–Trinajstić information content (AvgIpc) is 3.13. The minimum atomic E-state index is -0.231. The van der Waals surface area contributed by atoms with Crippen molar-refractivity contribution in [1.29, 1.82) is 0 Å². The van der Waals surface area contributed by atoms with Gasteiger partial charge in [0.25, 0.3) is 0 Å². The maximum atomic E-state index is 12.3. The van der Waals surface area contributed by atoms with E-state index in [1.54, 1.807) is 28.2 Å². The largest absolute Gasteiger partial charge is 4.00 e. The van der Waals surface area contributed by atoms with Crippen molar-refractivity contribution in [3.05, 3.63) is 79.5 Å². The average molecular weight is 1170 g/mol. The maximum Gasteiger partial charge on any atom is 4.00 e. The van der Waals surface area contributed by atoms with Crippen LogP contribution in [0.4, 0.5) is 0 Å². The van der Waals surface area contributed by atoms with Gasteiger partial charge in [-0.3, -0.25) is 0 Å². The topological polar surface area (TPSA) is 252 Å².